The SMILES string of the molecule is CCCCCCN1C=CN(C)C1OS(C)(=O)=O. The molecule has 1 rings (SSSR count). The van der Waals surface area contributed by atoms with Gasteiger partial charge in [0.15, 0.2) is 0 Å². The maximum atomic E-state index is 11.2. The van der Waals surface area contributed by atoms with E-state index in [1.807, 2.05) is 17.3 Å². The molecule has 0 saturated heterocycles. The van der Waals surface area contributed by atoms with Gasteiger partial charge in [-0.25, -0.2) is 4.18 Å². The number of rotatable bonds is 7. The summed E-state index contributed by atoms with van der Waals surface area (Å²) in [5, 5.41) is 0. The molecule has 0 N–H and O–H groups in total. The highest BCUT2D eigenvalue weighted by Gasteiger charge is 2.27. The van der Waals surface area contributed by atoms with E-state index in [4.69, 9.17) is 4.18 Å². The second-order valence-electron chi connectivity index (χ2n) is 4.39. The summed E-state index contributed by atoms with van der Waals surface area (Å²) in [6, 6.07) is 0. The first-order valence-electron chi connectivity index (χ1n) is 5.98. The van der Waals surface area contributed by atoms with E-state index in [0.717, 1.165) is 25.6 Å². The Hall–Kier alpha value is -0.750. The minimum absolute atomic E-state index is 0.522. The molecule has 0 amide bonds. The summed E-state index contributed by atoms with van der Waals surface area (Å²) in [5.41, 5.74) is 0. The lowest BCUT2D eigenvalue weighted by Crippen LogP contribution is -2.40. The largest absolute Gasteiger partial charge is 0.336 e. The molecule has 0 aromatic rings. The number of hydrogen-bond donors (Lipinski definition) is 0. The average Bonchev–Trinajstić information content (AvgIpc) is 2.54. The van der Waals surface area contributed by atoms with Crippen molar-refractivity contribution in [1.29, 1.82) is 0 Å². The molecule has 1 aliphatic heterocycles. The van der Waals surface area contributed by atoms with E-state index >= 15 is 0 Å². The van der Waals surface area contributed by atoms with Crippen LogP contribution in [0.1, 0.15) is 32.6 Å². The zero-order chi connectivity index (χ0) is 12.9. The molecule has 1 atom stereocenters. The highest BCUT2D eigenvalue weighted by Crippen LogP contribution is 2.17. The summed E-state index contributed by atoms with van der Waals surface area (Å²) in [6.07, 6.45) is 8.88. The van der Waals surface area contributed by atoms with Gasteiger partial charge in [-0.15, -0.1) is 0 Å². The normalized spacial score (nSPS) is 20.3. The van der Waals surface area contributed by atoms with E-state index in [1.54, 1.807) is 11.9 Å². The molecule has 0 spiro atoms. The van der Waals surface area contributed by atoms with E-state index in [1.165, 1.54) is 12.8 Å². The van der Waals surface area contributed by atoms with Crippen LogP contribution in [0.2, 0.25) is 0 Å². The standard InChI is InChI=1S/C11H22N2O3S/c1-4-5-6-7-8-13-10-9-12(2)11(13)16-17(3,14)15/h9-11H,4-8H2,1-3H3. The Morgan fingerprint density at radius 3 is 2.53 bits per heavy atom. The Morgan fingerprint density at radius 1 is 1.24 bits per heavy atom. The van der Waals surface area contributed by atoms with E-state index in [0.29, 0.717) is 0 Å². The van der Waals surface area contributed by atoms with Crippen LogP contribution >= 0.6 is 0 Å². The zero-order valence-corrected chi connectivity index (χ0v) is 11.6. The molecule has 1 heterocycles. The van der Waals surface area contributed by atoms with E-state index in [-0.39, 0.29) is 0 Å². The quantitative estimate of drug-likeness (QED) is 0.514. The van der Waals surface area contributed by atoms with Crippen molar-refractivity contribution < 1.29 is 12.6 Å². The van der Waals surface area contributed by atoms with Crippen molar-refractivity contribution in [2.75, 3.05) is 19.8 Å². The number of nitrogens with zero attached hydrogens (tertiary/aromatic N) is 2. The first-order chi connectivity index (χ1) is 7.94. The predicted octanol–water partition coefficient (Wildman–Crippen LogP) is 1.55. The van der Waals surface area contributed by atoms with Crippen molar-refractivity contribution in [2.45, 2.75) is 39.0 Å². The summed E-state index contributed by atoms with van der Waals surface area (Å²) in [6.45, 7) is 2.99. The molecule has 0 fully saturated rings. The molecule has 0 aromatic carbocycles. The summed E-state index contributed by atoms with van der Waals surface area (Å²) in [7, 11) is -1.63. The van der Waals surface area contributed by atoms with Crippen molar-refractivity contribution in [3.05, 3.63) is 12.4 Å². The minimum Gasteiger partial charge on any atom is -0.336 e. The maximum Gasteiger partial charge on any atom is 0.267 e. The molecule has 0 aromatic heterocycles. The Kier molecular flexibility index (Phi) is 5.27. The van der Waals surface area contributed by atoms with Gasteiger partial charge in [0.2, 0.25) is 6.35 Å². The van der Waals surface area contributed by atoms with Gasteiger partial charge in [-0.2, -0.15) is 8.42 Å². The molecule has 0 aliphatic carbocycles. The smallest absolute Gasteiger partial charge is 0.267 e. The van der Waals surface area contributed by atoms with Crippen molar-refractivity contribution in [3.8, 4) is 0 Å². The number of unbranched alkanes of at least 4 members (excludes halogenated alkanes) is 3. The third-order valence-corrected chi connectivity index (χ3v) is 3.18. The van der Waals surface area contributed by atoms with Crippen molar-refractivity contribution in [1.82, 2.24) is 9.80 Å². The van der Waals surface area contributed by atoms with Crippen molar-refractivity contribution >= 4 is 10.1 Å². The Bertz CT molecular complexity index is 354. The highest BCUT2D eigenvalue weighted by molar-refractivity contribution is 7.86. The fraction of sp³-hybridized carbons (Fsp3) is 0.818. The molecule has 6 heteroatoms. The van der Waals surface area contributed by atoms with Crippen LogP contribution < -0.4 is 0 Å². The van der Waals surface area contributed by atoms with Crippen molar-refractivity contribution in [2.24, 2.45) is 0 Å². The maximum absolute atomic E-state index is 11.2. The third-order valence-electron chi connectivity index (χ3n) is 2.66. The van der Waals surface area contributed by atoms with Gasteiger partial charge in [0.1, 0.15) is 0 Å². The predicted molar refractivity (Wildman–Crippen MR) is 67.5 cm³/mol. The molecule has 5 nitrogen and oxygen atoms in total. The molecule has 17 heavy (non-hydrogen) atoms. The van der Waals surface area contributed by atoms with Gasteiger partial charge in [-0.1, -0.05) is 26.2 Å². The van der Waals surface area contributed by atoms with E-state index < -0.39 is 16.5 Å². The van der Waals surface area contributed by atoms with Crippen LogP contribution in [0.15, 0.2) is 12.4 Å². The molecule has 100 valence electrons. The lowest BCUT2D eigenvalue weighted by Gasteiger charge is -2.28. The molecular weight excluding hydrogens is 240 g/mol. The summed E-state index contributed by atoms with van der Waals surface area (Å²) >= 11 is 0. The lowest BCUT2D eigenvalue weighted by atomic mass is 10.2. The molecule has 0 radical (unpaired) electrons. The highest BCUT2D eigenvalue weighted by atomic mass is 32.2. The monoisotopic (exact) mass is 262 g/mol. The Labute approximate surface area is 104 Å². The molecule has 1 unspecified atom stereocenters. The van der Waals surface area contributed by atoms with Gasteiger partial charge in [0.25, 0.3) is 10.1 Å². The zero-order valence-electron chi connectivity index (χ0n) is 10.8. The van der Waals surface area contributed by atoms with Crippen LogP contribution in [-0.4, -0.2) is 44.4 Å². The lowest BCUT2D eigenvalue weighted by molar-refractivity contribution is -0.00831. The average molecular weight is 262 g/mol. The van der Waals surface area contributed by atoms with E-state index in [2.05, 4.69) is 6.92 Å². The van der Waals surface area contributed by atoms with Gasteiger partial charge < -0.3 is 9.80 Å². The first kappa shape index (κ1) is 14.3. The van der Waals surface area contributed by atoms with Gasteiger partial charge in [-0.05, 0) is 6.42 Å². The third kappa shape index (κ3) is 4.95. The van der Waals surface area contributed by atoms with Gasteiger partial charge in [0.05, 0.1) is 6.26 Å². The van der Waals surface area contributed by atoms with Crippen LogP contribution in [-0.2, 0) is 14.3 Å². The minimum atomic E-state index is -3.43. The second-order valence-corrected chi connectivity index (χ2v) is 5.99. The molecular formula is C11H22N2O3S. The molecule has 1 aliphatic rings. The van der Waals surface area contributed by atoms with Crippen LogP contribution in [0.3, 0.4) is 0 Å². The van der Waals surface area contributed by atoms with Gasteiger partial charge >= 0.3 is 0 Å². The van der Waals surface area contributed by atoms with Crippen LogP contribution in [0, 0.1) is 0 Å². The fourth-order valence-corrected chi connectivity index (χ4v) is 2.32. The van der Waals surface area contributed by atoms with Crippen molar-refractivity contribution in [3.63, 3.8) is 0 Å². The van der Waals surface area contributed by atoms with Crippen LogP contribution in [0.25, 0.3) is 0 Å². The Balaban J connectivity index is 2.44. The van der Waals surface area contributed by atoms with Crippen LogP contribution in [0.4, 0.5) is 0 Å². The fourth-order valence-electron chi connectivity index (χ4n) is 1.76. The molecule has 0 bridgehead atoms. The first-order valence-corrected chi connectivity index (χ1v) is 7.80. The summed E-state index contributed by atoms with van der Waals surface area (Å²) < 4.78 is 27.3. The van der Waals surface area contributed by atoms with Gasteiger partial charge in [-0.3, -0.25) is 0 Å². The van der Waals surface area contributed by atoms with Crippen LogP contribution in [0.5, 0.6) is 0 Å². The second kappa shape index (κ2) is 6.26. The summed E-state index contributed by atoms with van der Waals surface area (Å²) in [5.74, 6) is 0. The Morgan fingerprint density at radius 2 is 1.94 bits per heavy atom. The topological polar surface area (TPSA) is 49.9 Å². The molecule has 0 saturated carbocycles. The van der Waals surface area contributed by atoms with E-state index in [9.17, 15) is 8.42 Å². The summed E-state index contributed by atoms with van der Waals surface area (Å²) in [4.78, 5) is 3.66. The van der Waals surface area contributed by atoms with Gasteiger partial charge in [0, 0.05) is 26.0 Å². The number of hydrogen-bond acceptors (Lipinski definition) is 5.